The van der Waals surface area contributed by atoms with Crippen LogP contribution in [0.4, 0.5) is 10.1 Å². The Morgan fingerprint density at radius 2 is 1.55 bits per heavy atom. The van der Waals surface area contributed by atoms with Crippen molar-refractivity contribution in [1.29, 1.82) is 0 Å². The Morgan fingerprint density at radius 3 is 2.17 bits per heavy atom. The molecule has 0 bridgehead atoms. The van der Waals surface area contributed by atoms with Crippen LogP contribution in [0.1, 0.15) is 29.7 Å². The van der Waals surface area contributed by atoms with Gasteiger partial charge in [0.2, 0.25) is 5.91 Å². The number of carbonyl (C=O) groups is 1. The molecule has 0 saturated carbocycles. The number of hydrogen-bond donors (Lipinski definition) is 4. The zero-order valence-corrected chi connectivity index (χ0v) is 22.9. The molecule has 1 saturated heterocycles. The fourth-order valence-electron chi connectivity index (χ4n) is 4.78. The maximum absolute atomic E-state index is 13.3. The monoisotopic (exact) mass is 579 g/mol. The van der Waals surface area contributed by atoms with Crippen molar-refractivity contribution in [3.63, 3.8) is 0 Å². The minimum Gasteiger partial charge on any atom is -0.508 e. The highest BCUT2D eigenvalue weighted by Gasteiger charge is 2.50. The van der Waals surface area contributed by atoms with Crippen molar-refractivity contribution in [3.05, 3.63) is 114 Å². The molecule has 4 N–H and O–H groups in total. The average molecular weight is 580 g/mol. The Labute approximate surface area is 235 Å². The van der Waals surface area contributed by atoms with Crippen molar-refractivity contribution in [2.45, 2.75) is 23.8 Å². The number of β-lactam (4-membered cyclic amide) rings is 1. The van der Waals surface area contributed by atoms with Gasteiger partial charge in [-0.1, -0.05) is 54.6 Å². The van der Waals surface area contributed by atoms with E-state index in [-0.39, 0.29) is 22.8 Å². The van der Waals surface area contributed by atoms with E-state index in [1.54, 1.807) is 47.4 Å². The molecule has 0 spiro atoms. The van der Waals surface area contributed by atoms with Crippen LogP contribution in [-0.2, 0) is 9.36 Å². The number of phenols is 1. The molecule has 1 heterocycles. The molecule has 1 amide bonds. The SMILES string of the molecule is O=C1C(SCCC(O)c2ccc(F)cc2)C(c2ccc(-c3ccc(P(=O)(O)O)cc3)cc2O)N1c1ccccc1. The molecule has 40 heavy (non-hydrogen) atoms. The second kappa shape index (κ2) is 11.6. The molecule has 1 aliphatic heterocycles. The number of carbonyl (C=O) groups excluding carboxylic acids is 1. The third-order valence-corrected chi connectivity index (χ3v) is 9.17. The van der Waals surface area contributed by atoms with Crippen LogP contribution in [-0.4, -0.2) is 36.9 Å². The van der Waals surface area contributed by atoms with Crippen LogP contribution in [0.5, 0.6) is 5.75 Å². The van der Waals surface area contributed by atoms with E-state index in [1.165, 1.54) is 36.0 Å². The molecule has 206 valence electrons. The third kappa shape index (κ3) is 5.84. The number of hydrogen-bond acceptors (Lipinski definition) is 5. The molecule has 10 heteroatoms. The number of aliphatic hydroxyl groups excluding tert-OH is 1. The van der Waals surface area contributed by atoms with E-state index in [4.69, 9.17) is 0 Å². The zero-order chi connectivity index (χ0) is 28.4. The smallest absolute Gasteiger partial charge is 0.356 e. The van der Waals surface area contributed by atoms with Crippen LogP contribution in [0, 0.1) is 5.82 Å². The standard InChI is InChI=1S/C30H27FNO6PS/c31-22-11-6-20(7-12-22)26(33)16-17-40-29-28(32(30(29)35)23-4-2-1-3-5-23)25-15-10-21(18-27(25)34)19-8-13-24(14-9-19)39(36,37)38/h1-15,18,26,28-29,33-34H,16-17H2,(H2,36,37,38). The average Bonchev–Trinajstić information content (AvgIpc) is 2.94. The summed E-state index contributed by atoms with van der Waals surface area (Å²) >= 11 is 1.40. The maximum Gasteiger partial charge on any atom is 0.356 e. The number of aromatic hydroxyl groups is 1. The topological polar surface area (TPSA) is 118 Å². The lowest BCUT2D eigenvalue weighted by atomic mass is 9.90. The van der Waals surface area contributed by atoms with E-state index in [0.29, 0.717) is 40.1 Å². The first-order valence-electron chi connectivity index (χ1n) is 12.6. The summed E-state index contributed by atoms with van der Waals surface area (Å²) in [6, 6.07) is 25.4. The van der Waals surface area contributed by atoms with Crippen molar-refractivity contribution in [2.75, 3.05) is 10.7 Å². The van der Waals surface area contributed by atoms with Crippen molar-refractivity contribution in [3.8, 4) is 16.9 Å². The van der Waals surface area contributed by atoms with Crippen LogP contribution >= 0.6 is 19.4 Å². The molecule has 4 aromatic rings. The van der Waals surface area contributed by atoms with Gasteiger partial charge in [0.05, 0.1) is 17.5 Å². The van der Waals surface area contributed by atoms with Crippen LogP contribution < -0.4 is 10.2 Å². The largest absolute Gasteiger partial charge is 0.508 e. The second-order valence-electron chi connectivity index (χ2n) is 9.50. The van der Waals surface area contributed by atoms with Crippen molar-refractivity contribution in [2.24, 2.45) is 0 Å². The molecule has 7 nitrogen and oxygen atoms in total. The van der Waals surface area contributed by atoms with Gasteiger partial charge in [0.1, 0.15) is 16.8 Å². The van der Waals surface area contributed by atoms with E-state index in [1.807, 2.05) is 30.3 Å². The first kappa shape index (κ1) is 28.1. The fraction of sp³-hybridized carbons (Fsp3) is 0.167. The number of thioether (sulfide) groups is 1. The van der Waals surface area contributed by atoms with Crippen LogP contribution in [0.15, 0.2) is 97.1 Å². The summed E-state index contributed by atoms with van der Waals surface area (Å²) in [5, 5.41) is 21.0. The minimum atomic E-state index is -4.36. The van der Waals surface area contributed by atoms with Gasteiger partial charge in [-0.2, -0.15) is 0 Å². The Hall–Kier alpha value is -3.46. The van der Waals surface area contributed by atoms with E-state index >= 15 is 0 Å². The highest BCUT2D eigenvalue weighted by molar-refractivity contribution is 8.00. The number of benzene rings is 4. The lowest BCUT2D eigenvalue weighted by molar-refractivity contribution is -0.123. The summed E-state index contributed by atoms with van der Waals surface area (Å²) < 4.78 is 24.7. The van der Waals surface area contributed by atoms with Gasteiger partial charge >= 0.3 is 7.60 Å². The molecule has 0 aliphatic carbocycles. The summed E-state index contributed by atoms with van der Waals surface area (Å²) in [7, 11) is -4.36. The Balaban J connectivity index is 1.37. The van der Waals surface area contributed by atoms with Crippen LogP contribution in [0.3, 0.4) is 0 Å². The van der Waals surface area contributed by atoms with Gasteiger partial charge in [-0.05, 0) is 71.3 Å². The number of phenolic OH excluding ortho intramolecular Hbond substituents is 1. The number of para-hydroxylation sites is 1. The molecule has 1 aliphatic rings. The quantitative estimate of drug-likeness (QED) is 0.157. The fourth-order valence-corrected chi connectivity index (χ4v) is 6.64. The lowest BCUT2D eigenvalue weighted by Crippen LogP contribution is -2.57. The molecule has 5 rings (SSSR count). The van der Waals surface area contributed by atoms with Crippen LogP contribution in [0.25, 0.3) is 11.1 Å². The normalized spacial score (nSPS) is 17.9. The molecule has 0 radical (unpaired) electrons. The predicted octanol–water partition coefficient (Wildman–Crippen LogP) is 5.31. The number of halogens is 1. The number of amides is 1. The molecular weight excluding hydrogens is 552 g/mol. The van der Waals surface area contributed by atoms with Gasteiger partial charge < -0.3 is 24.9 Å². The Kier molecular flexibility index (Phi) is 8.12. The van der Waals surface area contributed by atoms with Crippen molar-refractivity contribution < 1.29 is 33.7 Å². The summed E-state index contributed by atoms with van der Waals surface area (Å²) in [4.78, 5) is 33.7. The summed E-state index contributed by atoms with van der Waals surface area (Å²) in [6.45, 7) is 0. The molecule has 1 fully saturated rings. The number of rotatable bonds is 9. The number of anilines is 1. The second-order valence-corrected chi connectivity index (χ2v) is 12.4. The van der Waals surface area contributed by atoms with Gasteiger partial charge in [-0.15, -0.1) is 11.8 Å². The molecule has 3 atom stereocenters. The first-order valence-corrected chi connectivity index (χ1v) is 15.2. The lowest BCUT2D eigenvalue weighted by Gasteiger charge is -2.47. The third-order valence-electron chi connectivity index (χ3n) is 6.91. The summed E-state index contributed by atoms with van der Waals surface area (Å²) in [6.07, 6.45) is -0.426. The Morgan fingerprint density at radius 1 is 0.900 bits per heavy atom. The summed E-state index contributed by atoms with van der Waals surface area (Å²) in [5.41, 5.74) is 3.20. The zero-order valence-electron chi connectivity index (χ0n) is 21.2. The minimum absolute atomic E-state index is 0.00746. The molecule has 4 aromatic carbocycles. The van der Waals surface area contributed by atoms with Crippen molar-refractivity contribution in [1.82, 2.24) is 0 Å². The number of aliphatic hydroxyl groups is 1. The molecule has 3 unspecified atom stereocenters. The van der Waals surface area contributed by atoms with Gasteiger partial charge in [0.25, 0.3) is 0 Å². The van der Waals surface area contributed by atoms with E-state index in [9.17, 15) is 33.7 Å². The van der Waals surface area contributed by atoms with E-state index in [0.717, 1.165) is 0 Å². The maximum atomic E-state index is 13.3. The van der Waals surface area contributed by atoms with Gasteiger partial charge in [-0.3, -0.25) is 9.36 Å². The molecular formula is C30H27FNO6PS. The van der Waals surface area contributed by atoms with Crippen molar-refractivity contribution >= 4 is 36.3 Å². The number of nitrogens with zero attached hydrogens (tertiary/aromatic N) is 1. The molecule has 0 aromatic heterocycles. The van der Waals surface area contributed by atoms with Crippen LogP contribution in [0.2, 0.25) is 0 Å². The summed E-state index contributed by atoms with van der Waals surface area (Å²) in [5.74, 6) is -0.0158. The highest BCUT2D eigenvalue weighted by Crippen LogP contribution is 2.48. The predicted molar refractivity (Wildman–Crippen MR) is 154 cm³/mol. The van der Waals surface area contributed by atoms with Gasteiger partial charge in [-0.25, -0.2) is 4.39 Å². The van der Waals surface area contributed by atoms with E-state index in [2.05, 4.69) is 0 Å². The first-order chi connectivity index (χ1) is 19.1. The Bertz CT molecular complexity index is 1550. The van der Waals surface area contributed by atoms with Gasteiger partial charge in [0, 0.05) is 11.3 Å². The van der Waals surface area contributed by atoms with E-state index < -0.39 is 25.0 Å². The highest BCUT2D eigenvalue weighted by atomic mass is 32.2. The van der Waals surface area contributed by atoms with Gasteiger partial charge in [0.15, 0.2) is 0 Å².